The van der Waals surface area contributed by atoms with Gasteiger partial charge in [-0.2, -0.15) is 4.37 Å². The smallest absolute Gasteiger partial charge is 0.291 e. The second-order valence-electron chi connectivity index (χ2n) is 7.23. The zero-order valence-corrected chi connectivity index (χ0v) is 21.5. The van der Waals surface area contributed by atoms with E-state index in [-0.39, 0.29) is 12.4 Å². The van der Waals surface area contributed by atoms with Crippen molar-refractivity contribution in [3.05, 3.63) is 11.8 Å². The van der Waals surface area contributed by atoms with Gasteiger partial charge < -0.3 is 28.6 Å². The van der Waals surface area contributed by atoms with Crippen LogP contribution in [0.5, 0.6) is 17.6 Å². The molecule has 2 aromatic heterocycles. The zero-order chi connectivity index (χ0) is 22.4. The van der Waals surface area contributed by atoms with Crippen LogP contribution in [0, 0.1) is 0 Å². The fourth-order valence-corrected chi connectivity index (χ4v) is 4.05. The highest BCUT2D eigenvalue weighted by molar-refractivity contribution is 6.99. The van der Waals surface area contributed by atoms with Crippen molar-refractivity contribution in [2.24, 2.45) is 0 Å². The Kier molecular flexibility index (Phi) is 13.5. The summed E-state index contributed by atoms with van der Waals surface area (Å²) in [6.07, 6.45) is 5.71. The fourth-order valence-electron chi connectivity index (χ4n) is 3.05. The van der Waals surface area contributed by atoms with Crippen LogP contribution in [0.25, 0.3) is 5.57 Å². The van der Waals surface area contributed by atoms with Crippen LogP contribution < -0.4 is 14.2 Å². The molecule has 186 valence electrons. The van der Waals surface area contributed by atoms with Crippen molar-refractivity contribution in [1.29, 1.82) is 0 Å². The van der Waals surface area contributed by atoms with Crippen LogP contribution in [0.15, 0.2) is 6.08 Å². The number of halogens is 1. The standard InChI is InChI=1S/C20H31N5O5S2.ClH/c1-25-8-3-7-16(15-25)17-18(22-31-21-17)29-13-5-11-27-9-4-10-28-12-6-14-30-20-19(26-2)23-32-24-20;/h7H,3-6,8-15H2,1-2H3;1H. The Labute approximate surface area is 209 Å². The van der Waals surface area contributed by atoms with E-state index in [1.807, 2.05) is 0 Å². The van der Waals surface area contributed by atoms with Gasteiger partial charge >= 0.3 is 0 Å². The first-order valence-electron chi connectivity index (χ1n) is 10.8. The summed E-state index contributed by atoms with van der Waals surface area (Å²) < 4.78 is 44.3. The van der Waals surface area contributed by atoms with Gasteiger partial charge in [-0.3, -0.25) is 0 Å². The molecule has 0 saturated carbocycles. The summed E-state index contributed by atoms with van der Waals surface area (Å²) >= 11 is 2.27. The van der Waals surface area contributed by atoms with E-state index in [0.29, 0.717) is 57.3 Å². The highest BCUT2D eigenvalue weighted by Gasteiger charge is 2.18. The van der Waals surface area contributed by atoms with Crippen LogP contribution in [-0.4, -0.2) is 89.3 Å². The van der Waals surface area contributed by atoms with Crippen LogP contribution in [0.3, 0.4) is 0 Å². The van der Waals surface area contributed by atoms with Gasteiger partial charge in [0.15, 0.2) is 0 Å². The molecule has 0 unspecified atom stereocenters. The Bertz CT molecular complexity index is 822. The first-order valence-corrected chi connectivity index (χ1v) is 12.2. The molecule has 1 aliphatic rings. The molecule has 2 aromatic rings. The van der Waals surface area contributed by atoms with Crippen molar-refractivity contribution in [2.45, 2.75) is 25.7 Å². The van der Waals surface area contributed by atoms with E-state index < -0.39 is 0 Å². The normalized spacial score (nSPS) is 13.9. The van der Waals surface area contributed by atoms with Gasteiger partial charge in [0.05, 0.1) is 43.8 Å². The highest BCUT2D eigenvalue weighted by Crippen LogP contribution is 2.27. The zero-order valence-electron chi connectivity index (χ0n) is 19.1. The SMILES string of the molecule is COc1nsnc1OCCCOCCCOCCCOc1nsnc1C1=CCCN(C)C1.Cl. The number of hydrogen-bond acceptors (Lipinski definition) is 12. The topological polar surface area (TPSA) is 101 Å². The Morgan fingerprint density at radius 2 is 1.39 bits per heavy atom. The van der Waals surface area contributed by atoms with Gasteiger partial charge in [-0.25, -0.2) is 0 Å². The Morgan fingerprint density at radius 1 is 0.818 bits per heavy atom. The second kappa shape index (κ2) is 16.1. The monoisotopic (exact) mass is 521 g/mol. The molecule has 13 heteroatoms. The molecule has 0 aromatic carbocycles. The van der Waals surface area contributed by atoms with Crippen molar-refractivity contribution in [2.75, 3.05) is 66.9 Å². The quantitative estimate of drug-likeness (QED) is 0.306. The lowest BCUT2D eigenvalue weighted by molar-refractivity contribution is 0.0725. The first-order chi connectivity index (χ1) is 15.8. The molecule has 3 rings (SSSR count). The molecule has 0 bridgehead atoms. The highest BCUT2D eigenvalue weighted by atomic mass is 35.5. The molecule has 0 radical (unpaired) electrons. The summed E-state index contributed by atoms with van der Waals surface area (Å²) in [4.78, 5) is 2.28. The Balaban J connectivity index is 0.00000385. The van der Waals surface area contributed by atoms with Gasteiger partial charge in [-0.15, -0.1) is 25.5 Å². The molecule has 10 nitrogen and oxygen atoms in total. The van der Waals surface area contributed by atoms with E-state index in [1.165, 1.54) is 17.3 Å². The average Bonchev–Trinajstić information content (AvgIpc) is 3.46. The number of likely N-dealkylation sites (N-methyl/N-ethyl adjacent to an activating group) is 1. The number of rotatable bonds is 16. The van der Waals surface area contributed by atoms with E-state index in [9.17, 15) is 0 Å². The lowest BCUT2D eigenvalue weighted by Crippen LogP contribution is -2.25. The van der Waals surface area contributed by atoms with Gasteiger partial charge in [0.25, 0.3) is 17.6 Å². The summed E-state index contributed by atoms with van der Waals surface area (Å²) in [5.41, 5.74) is 2.08. The number of methoxy groups -OCH3 is 1. The maximum absolute atomic E-state index is 5.83. The van der Waals surface area contributed by atoms with Crippen LogP contribution in [0.4, 0.5) is 0 Å². The van der Waals surface area contributed by atoms with Gasteiger partial charge in [0.2, 0.25) is 0 Å². The predicted octanol–water partition coefficient (Wildman–Crippen LogP) is 3.20. The van der Waals surface area contributed by atoms with E-state index >= 15 is 0 Å². The summed E-state index contributed by atoms with van der Waals surface area (Å²) in [5, 5.41) is 0. The molecule has 33 heavy (non-hydrogen) atoms. The molecule has 3 heterocycles. The van der Waals surface area contributed by atoms with Crippen molar-refractivity contribution in [3.63, 3.8) is 0 Å². The van der Waals surface area contributed by atoms with E-state index in [4.69, 9.17) is 23.7 Å². The largest absolute Gasteiger partial charge is 0.477 e. The van der Waals surface area contributed by atoms with E-state index in [1.54, 1.807) is 7.11 Å². The van der Waals surface area contributed by atoms with Crippen LogP contribution in [-0.2, 0) is 9.47 Å². The first kappa shape index (κ1) is 27.7. The van der Waals surface area contributed by atoms with Crippen molar-refractivity contribution in [3.8, 4) is 17.6 Å². The van der Waals surface area contributed by atoms with Crippen LogP contribution in [0.2, 0.25) is 0 Å². The van der Waals surface area contributed by atoms with Gasteiger partial charge in [0.1, 0.15) is 5.69 Å². The predicted molar refractivity (Wildman–Crippen MR) is 130 cm³/mol. The summed E-state index contributed by atoms with van der Waals surface area (Å²) in [7, 11) is 3.66. The van der Waals surface area contributed by atoms with Gasteiger partial charge in [-0.05, 0) is 25.5 Å². The number of hydrogen-bond donors (Lipinski definition) is 0. The average molecular weight is 522 g/mol. The number of ether oxygens (including phenoxy) is 5. The minimum Gasteiger partial charge on any atom is -0.477 e. The maximum Gasteiger partial charge on any atom is 0.291 e. The van der Waals surface area contributed by atoms with Crippen molar-refractivity contribution in [1.82, 2.24) is 22.4 Å². The number of nitrogens with zero attached hydrogens (tertiary/aromatic N) is 5. The van der Waals surface area contributed by atoms with Gasteiger partial charge in [0, 0.05) is 52.4 Å². The fraction of sp³-hybridized carbons (Fsp3) is 0.700. The summed E-state index contributed by atoms with van der Waals surface area (Å²) in [6, 6.07) is 0. The minimum absolute atomic E-state index is 0. The molecule has 0 aliphatic carbocycles. The third-order valence-electron chi connectivity index (χ3n) is 4.65. The molecular formula is C20H32ClN5O5S2. The molecule has 0 N–H and O–H groups in total. The minimum atomic E-state index is 0. The lowest BCUT2D eigenvalue weighted by Gasteiger charge is -2.22. The Hall–Kier alpha value is -1.57. The molecule has 1 aliphatic heterocycles. The van der Waals surface area contributed by atoms with E-state index in [2.05, 4.69) is 35.5 Å². The lowest BCUT2D eigenvalue weighted by atomic mass is 10.1. The van der Waals surface area contributed by atoms with Crippen LogP contribution >= 0.6 is 35.9 Å². The molecule has 0 spiro atoms. The molecule has 0 amide bonds. The summed E-state index contributed by atoms with van der Waals surface area (Å²) in [6.45, 7) is 5.66. The molecule has 0 saturated heterocycles. The maximum atomic E-state index is 5.83. The van der Waals surface area contributed by atoms with Crippen molar-refractivity contribution < 1.29 is 23.7 Å². The second-order valence-corrected chi connectivity index (χ2v) is 8.29. The van der Waals surface area contributed by atoms with Crippen LogP contribution in [0.1, 0.15) is 31.4 Å². The summed E-state index contributed by atoms with van der Waals surface area (Å²) in [5.74, 6) is 1.51. The molecular weight excluding hydrogens is 490 g/mol. The molecule has 0 atom stereocenters. The third kappa shape index (κ3) is 9.67. The third-order valence-corrected chi connectivity index (χ3v) is 5.66. The van der Waals surface area contributed by atoms with Gasteiger partial charge in [-0.1, -0.05) is 6.08 Å². The Morgan fingerprint density at radius 3 is 2.06 bits per heavy atom. The van der Waals surface area contributed by atoms with E-state index in [0.717, 1.165) is 56.2 Å². The molecule has 0 fully saturated rings. The number of aromatic nitrogens is 4. The van der Waals surface area contributed by atoms with Crippen molar-refractivity contribution >= 4 is 41.4 Å².